The molecule has 0 spiro atoms. The molecule has 0 radical (unpaired) electrons. The molecule has 106 valence electrons. The third-order valence-electron chi connectivity index (χ3n) is 3.19. The summed E-state index contributed by atoms with van der Waals surface area (Å²) in [7, 11) is 0. The highest BCUT2D eigenvalue weighted by Crippen LogP contribution is 2.22. The minimum Gasteiger partial charge on any atom is -0.490 e. The molecule has 0 fully saturated rings. The van der Waals surface area contributed by atoms with Crippen molar-refractivity contribution in [3.8, 4) is 5.75 Å². The summed E-state index contributed by atoms with van der Waals surface area (Å²) in [5.41, 5.74) is -0.471. The maximum absolute atomic E-state index is 11.8. The van der Waals surface area contributed by atoms with E-state index in [4.69, 9.17) is 9.47 Å². The van der Waals surface area contributed by atoms with Gasteiger partial charge in [0, 0.05) is 0 Å². The summed E-state index contributed by atoms with van der Waals surface area (Å²) in [6.45, 7) is 6.06. The Morgan fingerprint density at radius 1 is 1.21 bits per heavy atom. The van der Waals surface area contributed by atoms with Crippen LogP contribution in [0.3, 0.4) is 0 Å². The number of ether oxygens (including phenoxy) is 2. The van der Waals surface area contributed by atoms with Gasteiger partial charge in [-0.25, -0.2) is 4.79 Å². The average Bonchev–Trinajstić information content (AvgIpc) is 2.45. The minimum absolute atomic E-state index is 0.163. The molecule has 0 aliphatic rings. The van der Waals surface area contributed by atoms with Crippen molar-refractivity contribution in [3.05, 3.63) is 29.8 Å². The lowest BCUT2D eigenvalue weighted by Crippen LogP contribution is -2.34. The standard InChI is InChI=1S/C15H22O4/c1-4-15(17,5-2)11-19-13-10-8-7-9-12(13)14(16)18-6-3/h7-10,17H,4-6,11H2,1-3H3. The van der Waals surface area contributed by atoms with Gasteiger partial charge in [-0.2, -0.15) is 0 Å². The summed E-state index contributed by atoms with van der Waals surface area (Å²) in [5, 5.41) is 10.2. The Hall–Kier alpha value is -1.55. The Kier molecular flexibility index (Phi) is 5.83. The van der Waals surface area contributed by atoms with Gasteiger partial charge in [0.25, 0.3) is 0 Å². The van der Waals surface area contributed by atoms with Crippen molar-refractivity contribution in [3.63, 3.8) is 0 Å². The zero-order chi connectivity index (χ0) is 14.3. The fourth-order valence-electron chi connectivity index (χ4n) is 1.64. The van der Waals surface area contributed by atoms with Crippen LogP contribution in [0.25, 0.3) is 0 Å². The van der Waals surface area contributed by atoms with E-state index in [1.54, 1.807) is 31.2 Å². The number of hydrogen-bond acceptors (Lipinski definition) is 4. The van der Waals surface area contributed by atoms with Crippen molar-refractivity contribution in [1.82, 2.24) is 0 Å². The van der Waals surface area contributed by atoms with Gasteiger partial charge in [0.15, 0.2) is 0 Å². The maximum Gasteiger partial charge on any atom is 0.341 e. The van der Waals surface area contributed by atoms with Crippen LogP contribution in [0.15, 0.2) is 24.3 Å². The molecule has 4 nitrogen and oxygen atoms in total. The van der Waals surface area contributed by atoms with Crippen LogP contribution < -0.4 is 4.74 Å². The van der Waals surface area contributed by atoms with Crippen LogP contribution in [-0.2, 0) is 4.74 Å². The van der Waals surface area contributed by atoms with Crippen molar-refractivity contribution < 1.29 is 19.4 Å². The molecule has 0 heterocycles. The molecule has 0 bridgehead atoms. The molecule has 1 aromatic rings. The van der Waals surface area contributed by atoms with Crippen LogP contribution in [0, 0.1) is 0 Å². The van der Waals surface area contributed by atoms with Crippen LogP contribution >= 0.6 is 0 Å². The summed E-state index contributed by atoms with van der Waals surface area (Å²) < 4.78 is 10.6. The summed E-state index contributed by atoms with van der Waals surface area (Å²) in [4.78, 5) is 11.8. The van der Waals surface area contributed by atoms with E-state index in [1.807, 2.05) is 13.8 Å². The Labute approximate surface area is 114 Å². The Morgan fingerprint density at radius 3 is 2.42 bits per heavy atom. The molecule has 0 aromatic heterocycles. The number of aliphatic hydroxyl groups is 1. The van der Waals surface area contributed by atoms with Crippen molar-refractivity contribution >= 4 is 5.97 Å². The van der Waals surface area contributed by atoms with Crippen molar-refractivity contribution in [2.75, 3.05) is 13.2 Å². The number of para-hydroxylation sites is 1. The molecule has 0 aliphatic carbocycles. The first kappa shape index (κ1) is 15.5. The topological polar surface area (TPSA) is 55.8 Å². The lowest BCUT2D eigenvalue weighted by Gasteiger charge is -2.25. The molecule has 0 saturated carbocycles. The first-order chi connectivity index (χ1) is 9.06. The van der Waals surface area contributed by atoms with Crippen molar-refractivity contribution in [2.24, 2.45) is 0 Å². The number of hydrogen-bond donors (Lipinski definition) is 1. The molecule has 19 heavy (non-hydrogen) atoms. The van der Waals surface area contributed by atoms with Crippen molar-refractivity contribution in [2.45, 2.75) is 39.2 Å². The fourth-order valence-corrected chi connectivity index (χ4v) is 1.64. The van der Waals surface area contributed by atoms with Gasteiger partial charge in [-0.3, -0.25) is 0 Å². The van der Waals surface area contributed by atoms with Crippen LogP contribution in [0.5, 0.6) is 5.75 Å². The van der Waals surface area contributed by atoms with E-state index in [-0.39, 0.29) is 6.61 Å². The van der Waals surface area contributed by atoms with Gasteiger partial charge in [-0.15, -0.1) is 0 Å². The predicted molar refractivity (Wildman–Crippen MR) is 73.4 cm³/mol. The molecule has 1 N–H and O–H groups in total. The second-order valence-electron chi connectivity index (χ2n) is 4.44. The van der Waals surface area contributed by atoms with Gasteiger partial charge in [-0.05, 0) is 31.9 Å². The SMILES string of the molecule is CCOC(=O)c1ccccc1OCC(O)(CC)CC. The smallest absolute Gasteiger partial charge is 0.341 e. The molecule has 4 heteroatoms. The molecule has 0 atom stereocenters. The fraction of sp³-hybridized carbons (Fsp3) is 0.533. The quantitative estimate of drug-likeness (QED) is 0.771. The summed E-state index contributed by atoms with van der Waals surface area (Å²) >= 11 is 0. The minimum atomic E-state index is -0.859. The third-order valence-corrected chi connectivity index (χ3v) is 3.19. The van der Waals surface area contributed by atoms with Crippen LogP contribution in [0.4, 0.5) is 0 Å². The first-order valence-electron chi connectivity index (χ1n) is 6.67. The average molecular weight is 266 g/mol. The maximum atomic E-state index is 11.8. The predicted octanol–water partition coefficient (Wildman–Crippen LogP) is 2.79. The zero-order valence-electron chi connectivity index (χ0n) is 11.8. The third kappa shape index (κ3) is 4.24. The van der Waals surface area contributed by atoms with Crippen LogP contribution in [0.2, 0.25) is 0 Å². The van der Waals surface area contributed by atoms with E-state index < -0.39 is 11.6 Å². The second kappa shape index (κ2) is 7.14. The van der Waals surface area contributed by atoms with Crippen molar-refractivity contribution in [1.29, 1.82) is 0 Å². The number of carbonyl (C=O) groups is 1. The van der Waals surface area contributed by atoms with E-state index in [1.165, 1.54) is 0 Å². The molecule has 0 unspecified atom stereocenters. The molecular weight excluding hydrogens is 244 g/mol. The van der Waals surface area contributed by atoms with Gasteiger partial charge in [0.05, 0.1) is 12.2 Å². The highest BCUT2D eigenvalue weighted by molar-refractivity contribution is 5.92. The van der Waals surface area contributed by atoms with E-state index in [9.17, 15) is 9.90 Å². The zero-order valence-corrected chi connectivity index (χ0v) is 11.8. The first-order valence-corrected chi connectivity index (χ1v) is 6.67. The Balaban J connectivity index is 2.81. The van der Waals surface area contributed by atoms with E-state index >= 15 is 0 Å². The van der Waals surface area contributed by atoms with Gasteiger partial charge in [0.1, 0.15) is 17.9 Å². The Morgan fingerprint density at radius 2 is 1.84 bits per heavy atom. The highest BCUT2D eigenvalue weighted by Gasteiger charge is 2.24. The van der Waals surface area contributed by atoms with E-state index in [0.717, 1.165) is 0 Å². The molecule has 0 amide bonds. The monoisotopic (exact) mass is 266 g/mol. The second-order valence-corrected chi connectivity index (χ2v) is 4.44. The van der Waals surface area contributed by atoms with Gasteiger partial charge < -0.3 is 14.6 Å². The van der Waals surface area contributed by atoms with Gasteiger partial charge in [-0.1, -0.05) is 26.0 Å². The molecule has 1 aromatic carbocycles. The lowest BCUT2D eigenvalue weighted by atomic mass is 9.99. The number of rotatable bonds is 7. The Bertz CT molecular complexity index is 410. The lowest BCUT2D eigenvalue weighted by molar-refractivity contribution is -0.0118. The molecule has 1 rings (SSSR count). The number of carbonyl (C=O) groups excluding carboxylic acids is 1. The van der Waals surface area contributed by atoms with Gasteiger partial charge >= 0.3 is 5.97 Å². The highest BCUT2D eigenvalue weighted by atomic mass is 16.5. The summed E-state index contributed by atoms with van der Waals surface area (Å²) in [5.74, 6) is 0.0379. The summed E-state index contributed by atoms with van der Waals surface area (Å²) in [6.07, 6.45) is 1.20. The molecule has 0 aliphatic heterocycles. The molecule has 0 saturated heterocycles. The van der Waals surface area contributed by atoms with Crippen LogP contribution in [0.1, 0.15) is 44.0 Å². The summed E-state index contributed by atoms with van der Waals surface area (Å²) in [6, 6.07) is 6.90. The van der Waals surface area contributed by atoms with E-state index in [0.29, 0.717) is 30.8 Å². The molecular formula is C15H22O4. The van der Waals surface area contributed by atoms with E-state index in [2.05, 4.69) is 0 Å². The number of benzene rings is 1. The van der Waals surface area contributed by atoms with Gasteiger partial charge in [0.2, 0.25) is 0 Å². The largest absolute Gasteiger partial charge is 0.490 e. The normalized spacial score (nSPS) is 11.2. The van der Waals surface area contributed by atoms with Crippen LogP contribution in [-0.4, -0.2) is 29.9 Å². The number of esters is 1.